The third kappa shape index (κ3) is 3.62. The Morgan fingerprint density at radius 2 is 1.48 bits per heavy atom. The summed E-state index contributed by atoms with van der Waals surface area (Å²) in [6.07, 6.45) is 3.92. The average molecular weight is 351 g/mol. The summed E-state index contributed by atoms with van der Waals surface area (Å²) >= 11 is 0. The first-order chi connectivity index (χ1) is 13.2. The first-order valence-corrected chi connectivity index (χ1v) is 8.67. The normalized spacial score (nSPS) is 11.1. The average Bonchev–Trinajstić information content (AvgIpc) is 2.84. The molecule has 0 amide bonds. The summed E-state index contributed by atoms with van der Waals surface area (Å²) in [5, 5.41) is 11.1. The van der Waals surface area contributed by atoms with E-state index in [4.69, 9.17) is 0 Å². The van der Waals surface area contributed by atoms with E-state index in [1.807, 2.05) is 84.9 Å². The van der Waals surface area contributed by atoms with Crippen LogP contribution in [-0.4, -0.2) is 10.1 Å². The van der Waals surface area contributed by atoms with Gasteiger partial charge in [-0.2, -0.15) is 0 Å². The van der Waals surface area contributed by atoms with Gasteiger partial charge in [-0.05, 0) is 35.4 Å². The lowest BCUT2D eigenvalue weighted by molar-refractivity contribution is 0.473. The van der Waals surface area contributed by atoms with Gasteiger partial charge in [0.15, 0.2) is 5.75 Å². The number of aromatic hydroxyl groups is 1. The first kappa shape index (κ1) is 16.7. The number of nitrogens with zero attached hydrogens (tertiary/aromatic N) is 1. The van der Waals surface area contributed by atoms with E-state index in [-0.39, 0.29) is 5.75 Å². The van der Waals surface area contributed by atoms with Gasteiger partial charge in [-0.25, -0.2) is 4.98 Å². The molecule has 3 aromatic carbocycles. The highest BCUT2D eigenvalue weighted by molar-refractivity contribution is 5.86. The fraction of sp³-hybridized carbons (Fsp3) is 0. The van der Waals surface area contributed by atoms with Crippen LogP contribution in [0.5, 0.6) is 5.75 Å². The van der Waals surface area contributed by atoms with Gasteiger partial charge in [-0.3, -0.25) is 4.79 Å². The first-order valence-electron chi connectivity index (χ1n) is 8.67. The molecular weight excluding hydrogens is 334 g/mol. The van der Waals surface area contributed by atoms with E-state index < -0.39 is 5.43 Å². The standard InChI is InChI=1S/C24H17NO2/c26-23-15-19-12-14-20(13-11-17-7-3-1-4-8-17)25-22(19)16-21(24(23)27)18-9-5-2-6-10-18/h1-16H,(H,26,27). The van der Waals surface area contributed by atoms with Gasteiger partial charge in [-0.15, -0.1) is 0 Å². The van der Waals surface area contributed by atoms with Crippen LogP contribution < -0.4 is 5.43 Å². The van der Waals surface area contributed by atoms with Crippen LogP contribution in [-0.2, 0) is 0 Å². The predicted octanol–water partition coefficient (Wildman–Crippen LogP) is 5.14. The highest BCUT2D eigenvalue weighted by atomic mass is 16.3. The van der Waals surface area contributed by atoms with Crippen LogP contribution in [0.15, 0.2) is 89.7 Å². The Morgan fingerprint density at radius 1 is 0.778 bits per heavy atom. The molecular formula is C24H17NO2. The van der Waals surface area contributed by atoms with Crippen LogP contribution in [0.1, 0.15) is 11.3 Å². The predicted molar refractivity (Wildman–Crippen MR) is 110 cm³/mol. The molecule has 4 aromatic rings. The number of aromatic nitrogens is 1. The molecule has 0 saturated heterocycles. The molecule has 130 valence electrons. The Morgan fingerprint density at radius 3 is 2.22 bits per heavy atom. The van der Waals surface area contributed by atoms with Crippen molar-refractivity contribution in [1.29, 1.82) is 0 Å². The van der Waals surface area contributed by atoms with E-state index in [1.54, 1.807) is 6.07 Å². The van der Waals surface area contributed by atoms with Crippen molar-refractivity contribution in [2.75, 3.05) is 0 Å². The van der Waals surface area contributed by atoms with Crippen LogP contribution in [0.4, 0.5) is 0 Å². The summed E-state index contributed by atoms with van der Waals surface area (Å²) in [5.74, 6) is -0.263. The SMILES string of the molecule is O=c1cc2ccc(C=Cc3ccccc3)nc2cc(-c2ccccc2)c1O. The molecule has 0 unspecified atom stereocenters. The van der Waals surface area contributed by atoms with Gasteiger partial charge >= 0.3 is 0 Å². The molecule has 0 bridgehead atoms. The summed E-state index contributed by atoms with van der Waals surface area (Å²) in [5.41, 5.74) is 3.36. The molecule has 3 nitrogen and oxygen atoms in total. The molecule has 0 saturated carbocycles. The van der Waals surface area contributed by atoms with Crippen molar-refractivity contribution in [2.45, 2.75) is 0 Å². The van der Waals surface area contributed by atoms with Crippen LogP contribution >= 0.6 is 0 Å². The summed E-state index contributed by atoms with van der Waals surface area (Å²) in [6.45, 7) is 0. The van der Waals surface area contributed by atoms with E-state index in [0.29, 0.717) is 16.5 Å². The highest BCUT2D eigenvalue weighted by Crippen LogP contribution is 2.28. The topological polar surface area (TPSA) is 50.2 Å². The summed E-state index contributed by atoms with van der Waals surface area (Å²) in [6, 6.07) is 26.2. The molecule has 27 heavy (non-hydrogen) atoms. The maximum atomic E-state index is 12.3. The highest BCUT2D eigenvalue weighted by Gasteiger charge is 2.09. The molecule has 0 atom stereocenters. The molecule has 0 aliphatic carbocycles. The minimum Gasteiger partial charge on any atom is -0.504 e. The van der Waals surface area contributed by atoms with Crippen LogP contribution in [0, 0.1) is 0 Å². The quantitative estimate of drug-likeness (QED) is 0.556. The third-order valence-corrected chi connectivity index (χ3v) is 4.37. The second kappa shape index (κ2) is 7.26. The van der Waals surface area contributed by atoms with Crippen molar-refractivity contribution in [3.8, 4) is 16.9 Å². The molecule has 3 heteroatoms. The molecule has 0 radical (unpaired) electrons. The Bertz CT molecular complexity index is 1180. The number of hydrogen-bond donors (Lipinski definition) is 1. The zero-order valence-corrected chi connectivity index (χ0v) is 14.5. The van der Waals surface area contributed by atoms with E-state index in [9.17, 15) is 9.90 Å². The molecule has 1 heterocycles. The molecule has 0 spiro atoms. The second-order valence-corrected chi connectivity index (χ2v) is 6.24. The second-order valence-electron chi connectivity index (χ2n) is 6.24. The molecule has 0 aliphatic heterocycles. The van der Waals surface area contributed by atoms with E-state index in [1.165, 1.54) is 6.07 Å². The molecule has 1 aromatic heterocycles. The zero-order chi connectivity index (χ0) is 18.6. The monoisotopic (exact) mass is 351 g/mol. The summed E-state index contributed by atoms with van der Waals surface area (Å²) in [7, 11) is 0. The van der Waals surface area contributed by atoms with E-state index in [0.717, 1.165) is 16.8 Å². The minimum atomic E-state index is -0.418. The van der Waals surface area contributed by atoms with Gasteiger partial charge < -0.3 is 5.11 Å². The third-order valence-electron chi connectivity index (χ3n) is 4.37. The number of benzene rings is 2. The number of rotatable bonds is 3. The smallest absolute Gasteiger partial charge is 0.221 e. The molecule has 0 fully saturated rings. The molecule has 4 rings (SSSR count). The number of pyridine rings is 1. The van der Waals surface area contributed by atoms with Gasteiger partial charge in [0.25, 0.3) is 0 Å². The van der Waals surface area contributed by atoms with Gasteiger partial charge in [0, 0.05) is 10.9 Å². The Balaban J connectivity index is 1.85. The Labute approximate surface area is 156 Å². The van der Waals surface area contributed by atoms with E-state index >= 15 is 0 Å². The van der Waals surface area contributed by atoms with Crippen molar-refractivity contribution in [3.05, 3.63) is 106 Å². The van der Waals surface area contributed by atoms with Crippen LogP contribution in [0.2, 0.25) is 0 Å². The Hall–Kier alpha value is -3.72. The summed E-state index contributed by atoms with van der Waals surface area (Å²) < 4.78 is 0. The van der Waals surface area contributed by atoms with Crippen molar-refractivity contribution >= 4 is 23.1 Å². The van der Waals surface area contributed by atoms with Crippen LogP contribution in [0.25, 0.3) is 34.2 Å². The minimum absolute atomic E-state index is 0.263. The lowest BCUT2D eigenvalue weighted by atomic mass is 10.1. The van der Waals surface area contributed by atoms with Crippen molar-refractivity contribution in [1.82, 2.24) is 4.98 Å². The molecule has 1 N–H and O–H groups in total. The largest absolute Gasteiger partial charge is 0.504 e. The maximum absolute atomic E-state index is 12.3. The number of hydrogen-bond acceptors (Lipinski definition) is 3. The van der Waals surface area contributed by atoms with Crippen molar-refractivity contribution in [3.63, 3.8) is 0 Å². The van der Waals surface area contributed by atoms with Gasteiger partial charge in [-0.1, -0.05) is 72.8 Å². The number of fused-ring (bicyclic) bond motifs is 1. The lowest BCUT2D eigenvalue weighted by Crippen LogP contribution is -1.94. The Kier molecular flexibility index (Phi) is 4.50. The van der Waals surface area contributed by atoms with Crippen LogP contribution in [0.3, 0.4) is 0 Å². The van der Waals surface area contributed by atoms with Gasteiger partial charge in [0.2, 0.25) is 5.43 Å². The lowest BCUT2D eigenvalue weighted by Gasteiger charge is -2.01. The van der Waals surface area contributed by atoms with Gasteiger partial charge in [0.05, 0.1) is 11.2 Å². The van der Waals surface area contributed by atoms with Gasteiger partial charge in [0.1, 0.15) is 0 Å². The zero-order valence-electron chi connectivity index (χ0n) is 14.5. The summed E-state index contributed by atoms with van der Waals surface area (Å²) in [4.78, 5) is 17.0. The van der Waals surface area contributed by atoms with E-state index in [2.05, 4.69) is 4.98 Å². The molecule has 0 aliphatic rings. The fourth-order valence-corrected chi connectivity index (χ4v) is 2.96. The fourth-order valence-electron chi connectivity index (χ4n) is 2.96. The maximum Gasteiger partial charge on any atom is 0.221 e. The van der Waals surface area contributed by atoms with Crippen molar-refractivity contribution in [2.24, 2.45) is 0 Å². The van der Waals surface area contributed by atoms with Crippen molar-refractivity contribution < 1.29 is 5.11 Å².